The highest BCUT2D eigenvalue weighted by atomic mass is 16.7. The Labute approximate surface area is 184 Å². The Bertz CT molecular complexity index is 1270. The van der Waals surface area contributed by atoms with Gasteiger partial charge in [0.2, 0.25) is 23.2 Å². The number of ether oxygens (including phenoxy) is 3. The second kappa shape index (κ2) is 8.33. The molecule has 4 atom stereocenters. The van der Waals surface area contributed by atoms with Gasteiger partial charge < -0.3 is 54.4 Å². The molecule has 176 valence electrons. The van der Waals surface area contributed by atoms with Crippen LogP contribution in [0.1, 0.15) is 0 Å². The lowest BCUT2D eigenvalue weighted by Crippen LogP contribution is -2.55. The molecule has 0 aliphatic carbocycles. The number of methoxy groups -OCH3 is 1. The van der Waals surface area contributed by atoms with Gasteiger partial charge in [0, 0.05) is 11.6 Å². The molecule has 0 amide bonds. The van der Waals surface area contributed by atoms with E-state index in [9.17, 15) is 40.5 Å². The smallest absolute Gasteiger partial charge is 0.239 e. The normalized spacial score (nSPS) is 22.9. The molecular formula is C21H20O12. The van der Waals surface area contributed by atoms with E-state index in [1.54, 1.807) is 0 Å². The zero-order valence-corrected chi connectivity index (χ0v) is 17.0. The second-order valence-electron chi connectivity index (χ2n) is 7.31. The summed E-state index contributed by atoms with van der Waals surface area (Å²) < 4.78 is 21.3. The van der Waals surface area contributed by atoms with Crippen LogP contribution < -0.4 is 14.9 Å². The van der Waals surface area contributed by atoms with Gasteiger partial charge in [0.1, 0.15) is 29.3 Å². The van der Waals surface area contributed by atoms with E-state index >= 15 is 0 Å². The van der Waals surface area contributed by atoms with E-state index in [1.165, 1.54) is 6.07 Å². The van der Waals surface area contributed by atoms with Crippen molar-refractivity contribution in [3.8, 4) is 45.8 Å². The van der Waals surface area contributed by atoms with Crippen molar-refractivity contribution in [2.24, 2.45) is 0 Å². The number of fused-ring (bicyclic) bond motifs is 1. The first kappa shape index (κ1) is 22.5. The third-order valence-electron chi connectivity index (χ3n) is 5.18. The van der Waals surface area contributed by atoms with Crippen LogP contribution in [0.25, 0.3) is 22.3 Å². The van der Waals surface area contributed by atoms with Crippen LogP contribution in [0.15, 0.2) is 33.5 Å². The summed E-state index contributed by atoms with van der Waals surface area (Å²) in [5.74, 6) is -3.58. The minimum absolute atomic E-state index is 0.0416. The van der Waals surface area contributed by atoms with Crippen molar-refractivity contribution in [2.45, 2.75) is 24.6 Å². The van der Waals surface area contributed by atoms with Crippen LogP contribution in [0.5, 0.6) is 34.5 Å². The highest BCUT2D eigenvalue weighted by molar-refractivity contribution is 5.91. The predicted molar refractivity (Wildman–Crippen MR) is 110 cm³/mol. The lowest BCUT2D eigenvalue weighted by atomic mass is 10.1. The van der Waals surface area contributed by atoms with E-state index in [0.717, 1.165) is 25.3 Å². The van der Waals surface area contributed by atoms with Crippen LogP contribution in [0.2, 0.25) is 0 Å². The van der Waals surface area contributed by atoms with Crippen molar-refractivity contribution in [3.05, 3.63) is 34.5 Å². The summed E-state index contributed by atoms with van der Waals surface area (Å²) in [5, 5.41) is 69.4. The maximum absolute atomic E-state index is 13.4. The number of aliphatic hydroxyl groups is 3. The maximum Gasteiger partial charge on any atom is 0.239 e. The monoisotopic (exact) mass is 464 g/mol. The summed E-state index contributed by atoms with van der Waals surface area (Å²) in [6.45, 7) is -0.413. The minimum Gasteiger partial charge on any atom is -0.504 e. The fourth-order valence-corrected chi connectivity index (χ4v) is 3.45. The Morgan fingerprint density at radius 3 is 2.33 bits per heavy atom. The second-order valence-corrected chi connectivity index (χ2v) is 7.31. The summed E-state index contributed by atoms with van der Waals surface area (Å²) in [6, 6.07) is 4.49. The molecule has 0 spiro atoms. The van der Waals surface area contributed by atoms with Crippen LogP contribution >= 0.6 is 0 Å². The Kier molecular flexibility index (Phi) is 5.68. The van der Waals surface area contributed by atoms with E-state index in [0.29, 0.717) is 0 Å². The molecule has 1 aliphatic heterocycles. The number of aliphatic hydroxyl groups excluding tert-OH is 3. The molecule has 12 nitrogen and oxygen atoms in total. The quantitative estimate of drug-likeness (QED) is 0.257. The largest absolute Gasteiger partial charge is 0.504 e. The molecule has 1 fully saturated rings. The molecule has 1 aromatic heterocycles. The minimum atomic E-state index is -1.76. The van der Waals surface area contributed by atoms with Crippen molar-refractivity contribution in [1.82, 2.24) is 0 Å². The fourth-order valence-electron chi connectivity index (χ4n) is 3.45. The number of rotatable bonds is 4. The van der Waals surface area contributed by atoms with Gasteiger partial charge in [-0.05, 0) is 18.2 Å². The Morgan fingerprint density at radius 2 is 1.67 bits per heavy atom. The molecule has 3 aromatic rings. The predicted octanol–water partition coefficient (Wildman–Crippen LogP) is 0.109. The number of phenolic OH excluding ortho intramolecular Hbond substituents is 4. The summed E-state index contributed by atoms with van der Waals surface area (Å²) in [4.78, 5) is 13.4. The molecule has 2 unspecified atom stereocenters. The maximum atomic E-state index is 13.4. The number of hydrogen-bond donors (Lipinski definition) is 7. The number of aromatic hydroxyl groups is 4. The Morgan fingerprint density at radius 1 is 0.939 bits per heavy atom. The van der Waals surface area contributed by atoms with Crippen LogP contribution in [-0.4, -0.2) is 74.1 Å². The van der Waals surface area contributed by atoms with E-state index in [4.69, 9.17) is 18.6 Å². The Balaban J connectivity index is 1.96. The van der Waals surface area contributed by atoms with Crippen molar-refractivity contribution < 1.29 is 54.4 Å². The Hall–Kier alpha value is -3.71. The molecule has 2 aromatic carbocycles. The molecule has 7 N–H and O–H groups in total. The standard InChI is InChI=1S/C21H20O12/c1-30-19-10(24)5-12-13(15(19)27)16(28)20(33-21-17(29)14(26)11(25)6-31-21)18(32-12)7-2-3-8(22)9(23)4-7/h2-5,11,14,17,21-27,29H,6H2,1H3/t11-,14?,17?,21+/m1/s1. The van der Waals surface area contributed by atoms with Crippen LogP contribution in [0, 0.1) is 0 Å². The summed E-state index contributed by atoms with van der Waals surface area (Å²) in [7, 11) is 1.16. The van der Waals surface area contributed by atoms with Gasteiger partial charge >= 0.3 is 0 Å². The zero-order valence-electron chi connectivity index (χ0n) is 17.0. The molecule has 12 heteroatoms. The molecule has 1 saturated heterocycles. The van der Waals surface area contributed by atoms with Gasteiger partial charge in [-0.3, -0.25) is 4.79 Å². The van der Waals surface area contributed by atoms with Crippen LogP contribution in [0.4, 0.5) is 0 Å². The van der Waals surface area contributed by atoms with E-state index in [1.807, 2.05) is 0 Å². The molecule has 0 bridgehead atoms. The lowest BCUT2D eigenvalue weighted by Gasteiger charge is -2.34. The number of hydrogen-bond acceptors (Lipinski definition) is 12. The van der Waals surface area contributed by atoms with E-state index in [2.05, 4.69) is 0 Å². The summed E-state index contributed by atoms with van der Waals surface area (Å²) in [6.07, 6.45) is -6.40. The highest BCUT2D eigenvalue weighted by Gasteiger charge is 2.40. The number of benzene rings is 2. The third kappa shape index (κ3) is 3.74. The van der Waals surface area contributed by atoms with Gasteiger partial charge in [-0.25, -0.2) is 0 Å². The highest BCUT2D eigenvalue weighted by Crippen LogP contribution is 2.44. The van der Waals surface area contributed by atoms with Crippen LogP contribution in [0.3, 0.4) is 0 Å². The average Bonchev–Trinajstić information content (AvgIpc) is 2.77. The first-order valence-electron chi connectivity index (χ1n) is 9.58. The van der Waals surface area contributed by atoms with Gasteiger partial charge in [0.25, 0.3) is 0 Å². The summed E-state index contributed by atoms with van der Waals surface area (Å²) >= 11 is 0. The summed E-state index contributed by atoms with van der Waals surface area (Å²) in [5.41, 5.74) is -1.20. The molecule has 33 heavy (non-hydrogen) atoms. The van der Waals surface area contributed by atoms with Crippen molar-refractivity contribution in [3.63, 3.8) is 0 Å². The zero-order chi connectivity index (χ0) is 24.0. The average molecular weight is 464 g/mol. The lowest BCUT2D eigenvalue weighted by molar-refractivity contribution is -0.242. The SMILES string of the molecule is COc1c(O)cc2oc(-c3ccc(O)c(O)c3)c(O[C@@H]3OC[C@@H](O)C(O)C3O)c(=O)c2c1O. The van der Waals surface area contributed by atoms with Gasteiger partial charge in [-0.2, -0.15) is 0 Å². The molecule has 1 aliphatic rings. The molecule has 2 heterocycles. The molecule has 4 rings (SSSR count). The first-order chi connectivity index (χ1) is 15.6. The van der Waals surface area contributed by atoms with E-state index < -0.39 is 76.5 Å². The molecular weight excluding hydrogens is 444 g/mol. The molecule has 0 saturated carbocycles. The van der Waals surface area contributed by atoms with Gasteiger partial charge in [-0.1, -0.05) is 0 Å². The van der Waals surface area contributed by atoms with Gasteiger partial charge in [0.05, 0.1) is 13.7 Å². The van der Waals surface area contributed by atoms with E-state index in [-0.39, 0.29) is 16.9 Å². The van der Waals surface area contributed by atoms with Crippen molar-refractivity contribution in [2.75, 3.05) is 13.7 Å². The third-order valence-corrected chi connectivity index (χ3v) is 5.18. The van der Waals surface area contributed by atoms with Gasteiger partial charge in [0.15, 0.2) is 28.8 Å². The first-order valence-corrected chi connectivity index (χ1v) is 9.58. The fraction of sp³-hybridized carbons (Fsp3) is 0.286. The van der Waals surface area contributed by atoms with Crippen molar-refractivity contribution >= 4 is 11.0 Å². The van der Waals surface area contributed by atoms with Gasteiger partial charge in [-0.15, -0.1) is 0 Å². The van der Waals surface area contributed by atoms with Crippen LogP contribution in [-0.2, 0) is 4.74 Å². The number of phenols is 4. The molecule has 0 radical (unpaired) electrons. The topological polar surface area (TPSA) is 200 Å². The van der Waals surface area contributed by atoms with Crippen molar-refractivity contribution in [1.29, 1.82) is 0 Å².